The van der Waals surface area contributed by atoms with E-state index in [0.717, 1.165) is 5.56 Å². The molecule has 0 spiro atoms. The molecule has 1 aliphatic rings. The third kappa shape index (κ3) is 6.07. The highest BCUT2D eigenvalue weighted by Gasteiger charge is 2.29. The zero-order valence-corrected chi connectivity index (χ0v) is 20.3. The molecule has 1 atom stereocenters. The van der Waals surface area contributed by atoms with Gasteiger partial charge < -0.3 is 14.8 Å². The van der Waals surface area contributed by atoms with Crippen molar-refractivity contribution in [1.82, 2.24) is 9.62 Å². The summed E-state index contributed by atoms with van der Waals surface area (Å²) >= 11 is 0. The highest BCUT2D eigenvalue weighted by molar-refractivity contribution is 7.89. The number of morpholine rings is 1. The van der Waals surface area contributed by atoms with Crippen molar-refractivity contribution in [2.24, 2.45) is 0 Å². The summed E-state index contributed by atoms with van der Waals surface area (Å²) in [4.78, 5) is 13.5. The van der Waals surface area contributed by atoms with Gasteiger partial charge in [-0.05, 0) is 29.3 Å². The van der Waals surface area contributed by atoms with E-state index in [-0.39, 0.29) is 17.3 Å². The highest BCUT2D eigenvalue weighted by atomic mass is 32.2. The van der Waals surface area contributed by atoms with Crippen LogP contribution in [-0.2, 0) is 26.1 Å². The van der Waals surface area contributed by atoms with E-state index in [0.29, 0.717) is 43.3 Å². The van der Waals surface area contributed by atoms with E-state index in [1.807, 2.05) is 30.3 Å². The number of ether oxygens (including phenoxy) is 2. The van der Waals surface area contributed by atoms with Gasteiger partial charge in [-0.1, -0.05) is 54.6 Å². The molecule has 0 radical (unpaired) electrons. The number of benzene rings is 3. The number of hydrogen-bond acceptors (Lipinski definition) is 6. The number of sulfonamides is 1. The molecule has 184 valence electrons. The van der Waals surface area contributed by atoms with Gasteiger partial charge in [-0.2, -0.15) is 4.31 Å². The number of hydrogen-bond donors (Lipinski definition) is 2. The number of amides is 1. The summed E-state index contributed by atoms with van der Waals surface area (Å²) in [6.07, 6.45) is 0. The molecule has 9 heteroatoms. The van der Waals surface area contributed by atoms with E-state index in [4.69, 9.17) is 9.47 Å². The van der Waals surface area contributed by atoms with Crippen LogP contribution in [0.1, 0.15) is 17.2 Å². The standard InChI is InChI=1S/C26H29N3O5S/c1-33-23-12-7-11-22(18-23)28-26(30)25(20-8-3-2-4-9-20)27-19-21-10-5-6-13-24(21)35(31,32)29-14-16-34-17-15-29/h2-13,18,25,27H,14-17,19H2,1H3,(H,28,30). The Labute approximate surface area is 205 Å². The van der Waals surface area contributed by atoms with E-state index in [9.17, 15) is 13.2 Å². The summed E-state index contributed by atoms with van der Waals surface area (Å²) < 4.78 is 38.6. The Hall–Kier alpha value is -3.24. The summed E-state index contributed by atoms with van der Waals surface area (Å²) in [6, 6.07) is 22.6. The second-order valence-corrected chi connectivity index (χ2v) is 9.98. The maximum Gasteiger partial charge on any atom is 0.246 e. The molecular formula is C26H29N3O5S. The molecule has 0 aliphatic carbocycles. The minimum absolute atomic E-state index is 0.185. The van der Waals surface area contributed by atoms with Crippen molar-refractivity contribution in [1.29, 1.82) is 0 Å². The molecule has 3 aromatic rings. The first kappa shape index (κ1) is 24.9. The Kier molecular flexibility index (Phi) is 8.14. The summed E-state index contributed by atoms with van der Waals surface area (Å²) in [5.41, 5.74) is 1.96. The second-order valence-electron chi connectivity index (χ2n) is 8.07. The van der Waals surface area contributed by atoms with Gasteiger partial charge in [0.25, 0.3) is 0 Å². The largest absolute Gasteiger partial charge is 0.497 e. The van der Waals surface area contributed by atoms with Crippen molar-refractivity contribution < 1.29 is 22.7 Å². The van der Waals surface area contributed by atoms with Crippen LogP contribution in [-0.4, -0.2) is 52.0 Å². The molecule has 35 heavy (non-hydrogen) atoms. The van der Waals surface area contributed by atoms with Crippen LogP contribution in [0, 0.1) is 0 Å². The number of nitrogens with zero attached hydrogens (tertiary/aromatic N) is 1. The van der Waals surface area contributed by atoms with Gasteiger partial charge in [0.05, 0.1) is 25.2 Å². The highest BCUT2D eigenvalue weighted by Crippen LogP contribution is 2.24. The van der Waals surface area contributed by atoms with Crippen molar-refractivity contribution in [3.8, 4) is 5.75 Å². The fourth-order valence-corrected chi connectivity index (χ4v) is 5.59. The van der Waals surface area contributed by atoms with Crippen molar-refractivity contribution in [2.75, 3.05) is 38.7 Å². The monoisotopic (exact) mass is 495 g/mol. The maximum atomic E-state index is 13.3. The SMILES string of the molecule is COc1cccc(NC(=O)C(NCc2ccccc2S(=O)(=O)N2CCOCC2)c2ccccc2)c1. The molecular weight excluding hydrogens is 466 g/mol. The smallest absolute Gasteiger partial charge is 0.246 e. The van der Waals surface area contributed by atoms with Crippen LogP contribution >= 0.6 is 0 Å². The van der Waals surface area contributed by atoms with Crippen LogP contribution in [0.15, 0.2) is 83.8 Å². The number of methoxy groups -OCH3 is 1. The van der Waals surface area contributed by atoms with Gasteiger partial charge in [0.1, 0.15) is 11.8 Å². The fourth-order valence-electron chi connectivity index (χ4n) is 3.96. The predicted octanol–water partition coefficient (Wildman–Crippen LogP) is 3.19. The van der Waals surface area contributed by atoms with Gasteiger partial charge in [-0.25, -0.2) is 8.42 Å². The first-order valence-electron chi connectivity index (χ1n) is 11.4. The first-order chi connectivity index (χ1) is 17.0. The molecule has 1 unspecified atom stereocenters. The number of anilines is 1. The van der Waals surface area contributed by atoms with Crippen molar-refractivity contribution in [2.45, 2.75) is 17.5 Å². The molecule has 0 aromatic heterocycles. The summed E-state index contributed by atoms with van der Waals surface area (Å²) in [7, 11) is -2.12. The average Bonchev–Trinajstić information content (AvgIpc) is 2.90. The molecule has 1 fully saturated rings. The Morgan fingerprint density at radius 2 is 1.71 bits per heavy atom. The molecule has 0 saturated carbocycles. The lowest BCUT2D eigenvalue weighted by Gasteiger charge is -2.27. The minimum Gasteiger partial charge on any atom is -0.497 e. The van der Waals surface area contributed by atoms with Gasteiger partial charge >= 0.3 is 0 Å². The number of carbonyl (C=O) groups excluding carboxylic acids is 1. The van der Waals surface area contributed by atoms with Crippen molar-refractivity contribution in [3.05, 3.63) is 90.0 Å². The molecule has 1 amide bonds. The first-order valence-corrected chi connectivity index (χ1v) is 12.8. The number of nitrogens with one attached hydrogen (secondary N) is 2. The summed E-state index contributed by atoms with van der Waals surface area (Å²) in [6.45, 7) is 1.57. The fraction of sp³-hybridized carbons (Fsp3) is 0.269. The van der Waals surface area contributed by atoms with Gasteiger partial charge in [-0.15, -0.1) is 0 Å². The third-order valence-corrected chi connectivity index (χ3v) is 7.79. The Bertz CT molecular complexity index is 1240. The second kappa shape index (κ2) is 11.5. The molecule has 2 N–H and O–H groups in total. The zero-order chi connectivity index (χ0) is 24.7. The lowest BCUT2D eigenvalue weighted by molar-refractivity contribution is -0.118. The van der Waals surface area contributed by atoms with Gasteiger partial charge in [0.2, 0.25) is 15.9 Å². The molecule has 1 aliphatic heterocycles. The van der Waals surface area contributed by atoms with Crippen LogP contribution in [0.3, 0.4) is 0 Å². The minimum atomic E-state index is -3.68. The van der Waals surface area contributed by atoms with Crippen LogP contribution in [0.5, 0.6) is 5.75 Å². The average molecular weight is 496 g/mol. The van der Waals surface area contributed by atoms with Crippen LogP contribution < -0.4 is 15.4 Å². The van der Waals surface area contributed by atoms with Gasteiger partial charge in [0.15, 0.2) is 0 Å². The van der Waals surface area contributed by atoms with E-state index < -0.39 is 16.1 Å². The maximum absolute atomic E-state index is 13.3. The predicted molar refractivity (Wildman–Crippen MR) is 134 cm³/mol. The van der Waals surface area contributed by atoms with Gasteiger partial charge in [-0.3, -0.25) is 10.1 Å². The van der Waals surface area contributed by atoms with E-state index in [2.05, 4.69) is 10.6 Å². The van der Waals surface area contributed by atoms with Crippen LogP contribution in [0.25, 0.3) is 0 Å². The number of rotatable bonds is 9. The van der Waals surface area contributed by atoms with Crippen LogP contribution in [0.2, 0.25) is 0 Å². The van der Waals surface area contributed by atoms with Crippen molar-refractivity contribution in [3.63, 3.8) is 0 Å². The van der Waals surface area contributed by atoms with E-state index >= 15 is 0 Å². The van der Waals surface area contributed by atoms with Gasteiger partial charge in [0, 0.05) is 31.4 Å². The quantitative estimate of drug-likeness (QED) is 0.473. The molecule has 1 saturated heterocycles. The lowest BCUT2D eigenvalue weighted by Crippen LogP contribution is -2.41. The topological polar surface area (TPSA) is 97.0 Å². The normalized spacial score (nSPS) is 15.3. The molecule has 3 aromatic carbocycles. The Morgan fingerprint density at radius 3 is 2.46 bits per heavy atom. The molecule has 1 heterocycles. The Balaban J connectivity index is 1.57. The third-order valence-electron chi connectivity index (χ3n) is 5.79. The molecule has 4 rings (SSSR count). The lowest BCUT2D eigenvalue weighted by atomic mass is 10.1. The molecule has 8 nitrogen and oxygen atoms in total. The zero-order valence-electron chi connectivity index (χ0n) is 19.5. The van der Waals surface area contributed by atoms with E-state index in [1.54, 1.807) is 55.6 Å². The summed E-state index contributed by atoms with van der Waals surface area (Å²) in [5, 5.41) is 6.19. The Morgan fingerprint density at radius 1 is 1.00 bits per heavy atom. The molecule has 0 bridgehead atoms. The van der Waals surface area contributed by atoms with E-state index in [1.165, 1.54) is 4.31 Å². The van der Waals surface area contributed by atoms with Crippen LogP contribution in [0.4, 0.5) is 5.69 Å². The summed E-state index contributed by atoms with van der Waals surface area (Å²) in [5.74, 6) is 0.368. The number of carbonyl (C=O) groups is 1. The van der Waals surface area contributed by atoms with Crippen molar-refractivity contribution >= 4 is 21.6 Å².